The van der Waals surface area contributed by atoms with Crippen LogP contribution in [0.1, 0.15) is 37.0 Å². The van der Waals surface area contributed by atoms with Gasteiger partial charge in [-0.05, 0) is 50.1 Å². The maximum atomic E-state index is 12.9. The van der Waals surface area contributed by atoms with Gasteiger partial charge in [-0.2, -0.15) is 0 Å². The summed E-state index contributed by atoms with van der Waals surface area (Å²) in [5.74, 6) is 0.470. The Labute approximate surface area is 149 Å². The first-order valence-corrected chi connectivity index (χ1v) is 8.87. The van der Waals surface area contributed by atoms with Crippen LogP contribution in [0.4, 0.5) is 0 Å². The van der Waals surface area contributed by atoms with Crippen LogP contribution < -0.4 is 15.4 Å². The van der Waals surface area contributed by atoms with Crippen molar-refractivity contribution in [2.45, 2.75) is 38.8 Å². The number of hydrogen-bond acceptors (Lipinski definition) is 4. The molecule has 1 aliphatic rings. The first-order valence-electron chi connectivity index (χ1n) is 8.87. The van der Waals surface area contributed by atoms with Gasteiger partial charge in [-0.3, -0.25) is 9.59 Å². The fourth-order valence-electron chi connectivity index (χ4n) is 3.09. The number of amides is 2. The molecule has 0 saturated carbocycles. The average molecular weight is 347 g/mol. The van der Waals surface area contributed by atoms with Crippen molar-refractivity contribution in [3.05, 3.63) is 29.8 Å². The molecule has 6 heteroatoms. The molecule has 2 amide bonds. The van der Waals surface area contributed by atoms with E-state index in [0.717, 1.165) is 19.4 Å². The van der Waals surface area contributed by atoms with E-state index in [1.54, 1.807) is 31.4 Å². The highest BCUT2D eigenvalue weighted by Crippen LogP contribution is 2.16. The summed E-state index contributed by atoms with van der Waals surface area (Å²) >= 11 is 0. The van der Waals surface area contributed by atoms with Gasteiger partial charge in [0.2, 0.25) is 5.91 Å². The summed E-state index contributed by atoms with van der Waals surface area (Å²) in [5.41, 5.74) is 0.519. The second-order valence-corrected chi connectivity index (χ2v) is 6.84. The molecule has 1 heterocycles. The molecular formula is C19H29N3O3. The zero-order valence-corrected chi connectivity index (χ0v) is 15.5. The lowest BCUT2D eigenvalue weighted by Crippen LogP contribution is -2.55. The lowest BCUT2D eigenvalue weighted by molar-refractivity contribution is -0.135. The molecule has 1 fully saturated rings. The van der Waals surface area contributed by atoms with Crippen LogP contribution >= 0.6 is 0 Å². The fourth-order valence-corrected chi connectivity index (χ4v) is 3.09. The minimum absolute atomic E-state index is 0.00295. The Balaban J connectivity index is 2.06. The van der Waals surface area contributed by atoms with E-state index in [2.05, 4.69) is 10.6 Å². The summed E-state index contributed by atoms with van der Waals surface area (Å²) in [6, 6.07) is 6.68. The monoisotopic (exact) mass is 347 g/mol. The smallest absolute Gasteiger partial charge is 0.251 e. The van der Waals surface area contributed by atoms with Gasteiger partial charge in [0.05, 0.1) is 7.11 Å². The van der Waals surface area contributed by atoms with Crippen LogP contribution in [-0.4, -0.2) is 56.0 Å². The number of methoxy groups -OCH3 is 1. The molecule has 0 radical (unpaired) electrons. The van der Waals surface area contributed by atoms with E-state index in [1.807, 2.05) is 25.8 Å². The third kappa shape index (κ3) is 4.95. The van der Waals surface area contributed by atoms with Crippen LogP contribution in [0.25, 0.3) is 0 Å². The summed E-state index contributed by atoms with van der Waals surface area (Å²) in [6.45, 7) is 5.35. The van der Waals surface area contributed by atoms with Gasteiger partial charge in [-0.15, -0.1) is 0 Å². The van der Waals surface area contributed by atoms with E-state index in [-0.39, 0.29) is 17.7 Å². The molecule has 2 unspecified atom stereocenters. The number of rotatable bonds is 6. The normalized spacial score (nSPS) is 18.8. The van der Waals surface area contributed by atoms with Crippen molar-refractivity contribution in [2.24, 2.45) is 5.92 Å². The highest BCUT2D eigenvalue weighted by atomic mass is 16.5. The molecule has 0 bridgehead atoms. The van der Waals surface area contributed by atoms with Crippen molar-refractivity contribution in [2.75, 3.05) is 27.2 Å². The summed E-state index contributed by atoms with van der Waals surface area (Å²) in [7, 11) is 3.50. The molecular weight excluding hydrogens is 318 g/mol. The Kier molecular flexibility index (Phi) is 6.82. The van der Waals surface area contributed by atoms with Crippen molar-refractivity contribution in [3.63, 3.8) is 0 Å². The molecule has 2 rings (SSSR count). The maximum absolute atomic E-state index is 12.9. The van der Waals surface area contributed by atoms with Crippen molar-refractivity contribution in [1.82, 2.24) is 15.5 Å². The van der Waals surface area contributed by atoms with Gasteiger partial charge in [0, 0.05) is 24.7 Å². The highest BCUT2D eigenvalue weighted by molar-refractivity contribution is 5.97. The number of carbonyl (C=O) groups is 2. The molecule has 2 atom stereocenters. The van der Waals surface area contributed by atoms with Crippen LogP contribution in [0, 0.1) is 5.92 Å². The van der Waals surface area contributed by atoms with Crippen LogP contribution in [0.2, 0.25) is 0 Å². The molecule has 1 aromatic rings. The van der Waals surface area contributed by atoms with Crippen LogP contribution in [0.15, 0.2) is 24.3 Å². The minimum Gasteiger partial charge on any atom is -0.497 e. The van der Waals surface area contributed by atoms with E-state index in [4.69, 9.17) is 4.74 Å². The van der Waals surface area contributed by atoms with E-state index >= 15 is 0 Å². The molecule has 0 aliphatic carbocycles. The minimum atomic E-state index is -0.523. The van der Waals surface area contributed by atoms with Crippen molar-refractivity contribution in [1.29, 1.82) is 0 Å². The van der Waals surface area contributed by atoms with Gasteiger partial charge < -0.3 is 20.3 Å². The van der Waals surface area contributed by atoms with E-state index in [0.29, 0.717) is 23.9 Å². The van der Waals surface area contributed by atoms with Crippen molar-refractivity contribution in [3.8, 4) is 5.75 Å². The molecule has 2 N–H and O–H groups in total. The Hall–Kier alpha value is -2.08. The fraction of sp³-hybridized carbons (Fsp3) is 0.579. The average Bonchev–Trinajstić information content (AvgIpc) is 2.65. The van der Waals surface area contributed by atoms with Crippen LogP contribution in [0.3, 0.4) is 0 Å². The van der Waals surface area contributed by atoms with Crippen molar-refractivity contribution < 1.29 is 14.3 Å². The van der Waals surface area contributed by atoms with E-state index in [1.165, 1.54) is 0 Å². The number of benzene rings is 1. The first kappa shape index (κ1) is 19.2. The molecule has 1 aliphatic heterocycles. The molecule has 138 valence electrons. The third-order valence-electron chi connectivity index (χ3n) is 4.71. The third-order valence-corrected chi connectivity index (χ3v) is 4.71. The molecule has 1 aromatic carbocycles. The van der Waals surface area contributed by atoms with Crippen LogP contribution in [0.5, 0.6) is 5.75 Å². The zero-order chi connectivity index (χ0) is 18.4. The van der Waals surface area contributed by atoms with Crippen LogP contribution in [-0.2, 0) is 4.79 Å². The predicted octanol–water partition coefficient (Wildman–Crippen LogP) is 1.66. The number of carbonyl (C=O) groups excluding carboxylic acids is 2. The summed E-state index contributed by atoms with van der Waals surface area (Å²) in [6.07, 6.45) is 2.05. The van der Waals surface area contributed by atoms with E-state index < -0.39 is 6.04 Å². The molecule has 1 saturated heterocycles. The predicted molar refractivity (Wildman–Crippen MR) is 97.7 cm³/mol. The highest BCUT2D eigenvalue weighted by Gasteiger charge is 2.31. The number of piperidine rings is 1. The number of nitrogens with zero attached hydrogens (tertiary/aromatic N) is 1. The second-order valence-electron chi connectivity index (χ2n) is 6.84. The van der Waals surface area contributed by atoms with Gasteiger partial charge in [-0.1, -0.05) is 13.8 Å². The molecule has 25 heavy (non-hydrogen) atoms. The molecule has 0 aromatic heterocycles. The lowest BCUT2D eigenvalue weighted by atomic mass is 9.99. The summed E-state index contributed by atoms with van der Waals surface area (Å²) < 4.78 is 5.11. The zero-order valence-electron chi connectivity index (χ0n) is 15.5. The lowest BCUT2D eigenvalue weighted by Gasteiger charge is -2.36. The SMILES string of the molecule is CNC1CCCN(C(=O)C(NC(=O)c2ccc(OC)cc2)C(C)C)C1. The standard InChI is InChI=1S/C19H29N3O3/c1-13(2)17(19(24)22-11-5-6-15(12-22)20-3)21-18(23)14-7-9-16(25-4)10-8-14/h7-10,13,15,17,20H,5-6,11-12H2,1-4H3,(H,21,23). The maximum Gasteiger partial charge on any atom is 0.251 e. The number of nitrogens with one attached hydrogen (secondary N) is 2. The van der Waals surface area contributed by atoms with Crippen molar-refractivity contribution >= 4 is 11.8 Å². The number of hydrogen-bond donors (Lipinski definition) is 2. The first-order chi connectivity index (χ1) is 12.0. The Bertz CT molecular complexity index is 586. The summed E-state index contributed by atoms with van der Waals surface area (Å²) in [4.78, 5) is 27.3. The van der Waals surface area contributed by atoms with Gasteiger partial charge in [0.25, 0.3) is 5.91 Å². The molecule has 6 nitrogen and oxygen atoms in total. The number of likely N-dealkylation sites (tertiary alicyclic amines) is 1. The van der Waals surface area contributed by atoms with Gasteiger partial charge in [0.1, 0.15) is 11.8 Å². The topological polar surface area (TPSA) is 70.7 Å². The molecule has 0 spiro atoms. The Morgan fingerprint density at radius 3 is 2.48 bits per heavy atom. The number of likely N-dealkylation sites (N-methyl/N-ethyl adjacent to an activating group) is 1. The van der Waals surface area contributed by atoms with Gasteiger partial charge in [0.15, 0.2) is 0 Å². The van der Waals surface area contributed by atoms with Gasteiger partial charge in [-0.25, -0.2) is 0 Å². The largest absolute Gasteiger partial charge is 0.497 e. The van der Waals surface area contributed by atoms with E-state index in [9.17, 15) is 9.59 Å². The summed E-state index contributed by atoms with van der Waals surface area (Å²) in [5, 5.41) is 6.15. The quantitative estimate of drug-likeness (QED) is 0.821. The Morgan fingerprint density at radius 1 is 1.24 bits per heavy atom. The number of ether oxygens (including phenoxy) is 1. The Morgan fingerprint density at radius 2 is 1.92 bits per heavy atom. The van der Waals surface area contributed by atoms with Gasteiger partial charge >= 0.3 is 0 Å². The second kappa shape index (κ2) is 8.85.